The number of piperidine rings is 1. The van der Waals surface area contributed by atoms with Crippen molar-refractivity contribution in [1.29, 1.82) is 0 Å². The molecule has 112 valence electrons. The van der Waals surface area contributed by atoms with Crippen molar-refractivity contribution in [2.45, 2.75) is 26.2 Å². The molecule has 1 N–H and O–H groups in total. The van der Waals surface area contributed by atoms with Crippen LogP contribution < -0.4 is 10.1 Å². The number of hydrogen-bond acceptors (Lipinski definition) is 3. The summed E-state index contributed by atoms with van der Waals surface area (Å²) in [4.78, 5) is 2.58. The minimum absolute atomic E-state index is 0.925. The molecular formula is C17H28N2O. The van der Waals surface area contributed by atoms with Crippen LogP contribution in [0.15, 0.2) is 24.3 Å². The Morgan fingerprint density at radius 1 is 1.15 bits per heavy atom. The van der Waals surface area contributed by atoms with Crippen molar-refractivity contribution in [2.24, 2.45) is 5.92 Å². The van der Waals surface area contributed by atoms with Crippen LogP contribution in [-0.2, 0) is 6.42 Å². The Hall–Kier alpha value is -1.06. The molecule has 1 aliphatic rings. The molecule has 1 aromatic carbocycles. The number of benzene rings is 1. The van der Waals surface area contributed by atoms with Crippen LogP contribution in [-0.4, -0.2) is 44.7 Å². The van der Waals surface area contributed by atoms with Crippen LogP contribution >= 0.6 is 0 Å². The Balaban J connectivity index is 1.55. The van der Waals surface area contributed by atoms with Gasteiger partial charge >= 0.3 is 0 Å². The third kappa shape index (κ3) is 5.14. The van der Waals surface area contributed by atoms with Crippen LogP contribution in [0.2, 0.25) is 0 Å². The Morgan fingerprint density at radius 3 is 2.50 bits per heavy atom. The van der Waals surface area contributed by atoms with Gasteiger partial charge in [-0.15, -0.1) is 0 Å². The zero-order valence-electron chi connectivity index (χ0n) is 12.9. The summed E-state index contributed by atoms with van der Waals surface area (Å²) >= 11 is 0. The minimum Gasteiger partial charge on any atom is -0.497 e. The van der Waals surface area contributed by atoms with Crippen molar-refractivity contribution in [3.8, 4) is 5.75 Å². The molecule has 20 heavy (non-hydrogen) atoms. The SMILES string of the molecule is COc1ccc(CCNCCN2CCC(C)CC2)cc1. The van der Waals surface area contributed by atoms with Gasteiger partial charge in [0.1, 0.15) is 5.75 Å². The zero-order valence-corrected chi connectivity index (χ0v) is 12.9. The molecule has 0 amide bonds. The van der Waals surface area contributed by atoms with Gasteiger partial charge in [-0.2, -0.15) is 0 Å². The number of rotatable bonds is 7. The molecule has 2 rings (SSSR count). The molecule has 0 spiro atoms. The van der Waals surface area contributed by atoms with Crippen LogP contribution in [0.3, 0.4) is 0 Å². The Bertz CT molecular complexity index is 369. The maximum absolute atomic E-state index is 5.17. The van der Waals surface area contributed by atoms with Gasteiger partial charge in [0.2, 0.25) is 0 Å². The topological polar surface area (TPSA) is 24.5 Å². The molecule has 0 radical (unpaired) electrons. The second kappa shape index (κ2) is 8.28. The quantitative estimate of drug-likeness (QED) is 0.775. The summed E-state index contributed by atoms with van der Waals surface area (Å²) in [5, 5.41) is 3.55. The summed E-state index contributed by atoms with van der Waals surface area (Å²) in [7, 11) is 1.71. The third-order valence-electron chi connectivity index (χ3n) is 4.23. The van der Waals surface area contributed by atoms with E-state index in [1.165, 1.54) is 38.0 Å². The second-order valence-corrected chi connectivity index (χ2v) is 5.87. The summed E-state index contributed by atoms with van der Waals surface area (Å²) in [5.74, 6) is 1.86. The van der Waals surface area contributed by atoms with Gasteiger partial charge in [-0.3, -0.25) is 0 Å². The average Bonchev–Trinajstić information content (AvgIpc) is 2.49. The van der Waals surface area contributed by atoms with Crippen LogP contribution in [0, 0.1) is 5.92 Å². The number of methoxy groups -OCH3 is 1. The van der Waals surface area contributed by atoms with Crippen molar-refractivity contribution < 1.29 is 4.74 Å². The highest BCUT2D eigenvalue weighted by molar-refractivity contribution is 5.27. The summed E-state index contributed by atoms with van der Waals surface area (Å²) in [6.45, 7) is 8.27. The molecule has 0 aromatic heterocycles. The smallest absolute Gasteiger partial charge is 0.118 e. The van der Waals surface area contributed by atoms with E-state index in [0.717, 1.165) is 31.2 Å². The van der Waals surface area contributed by atoms with Crippen LogP contribution in [0.4, 0.5) is 0 Å². The highest BCUT2D eigenvalue weighted by Crippen LogP contribution is 2.15. The first-order valence-corrected chi connectivity index (χ1v) is 7.84. The first kappa shape index (κ1) is 15.3. The number of nitrogens with zero attached hydrogens (tertiary/aromatic N) is 1. The maximum Gasteiger partial charge on any atom is 0.118 e. The maximum atomic E-state index is 5.17. The molecule has 3 nitrogen and oxygen atoms in total. The molecule has 1 aliphatic heterocycles. The molecule has 1 heterocycles. The molecule has 0 unspecified atom stereocenters. The number of nitrogens with one attached hydrogen (secondary N) is 1. The van der Waals surface area contributed by atoms with Gasteiger partial charge < -0.3 is 15.0 Å². The predicted octanol–water partition coefficient (Wildman–Crippen LogP) is 2.56. The van der Waals surface area contributed by atoms with Crippen molar-refractivity contribution >= 4 is 0 Å². The van der Waals surface area contributed by atoms with Crippen molar-refractivity contribution in [3.05, 3.63) is 29.8 Å². The highest BCUT2D eigenvalue weighted by atomic mass is 16.5. The summed E-state index contributed by atoms with van der Waals surface area (Å²) in [6, 6.07) is 8.35. The normalized spacial score (nSPS) is 17.3. The molecular weight excluding hydrogens is 248 g/mol. The fourth-order valence-electron chi connectivity index (χ4n) is 2.67. The van der Waals surface area contributed by atoms with E-state index >= 15 is 0 Å². The molecule has 0 aliphatic carbocycles. The van der Waals surface area contributed by atoms with Crippen LogP contribution in [0.5, 0.6) is 5.75 Å². The summed E-state index contributed by atoms with van der Waals surface area (Å²) in [6.07, 6.45) is 3.82. The predicted molar refractivity (Wildman–Crippen MR) is 84.4 cm³/mol. The van der Waals surface area contributed by atoms with Crippen LogP contribution in [0.1, 0.15) is 25.3 Å². The lowest BCUT2D eigenvalue weighted by Crippen LogP contribution is -2.38. The van der Waals surface area contributed by atoms with E-state index in [0.29, 0.717) is 0 Å². The summed E-state index contributed by atoms with van der Waals surface area (Å²) < 4.78 is 5.17. The molecule has 1 aromatic rings. The van der Waals surface area contributed by atoms with Gasteiger partial charge in [-0.05, 0) is 62.5 Å². The van der Waals surface area contributed by atoms with Gasteiger partial charge in [0.05, 0.1) is 7.11 Å². The Morgan fingerprint density at radius 2 is 1.85 bits per heavy atom. The van der Waals surface area contributed by atoms with Gasteiger partial charge in [0.15, 0.2) is 0 Å². The lowest BCUT2D eigenvalue weighted by Gasteiger charge is -2.30. The van der Waals surface area contributed by atoms with Gasteiger partial charge in [0, 0.05) is 13.1 Å². The molecule has 3 heteroatoms. The standard InChI is InChI=1S/C17H28N2O/c1-15-8-12-19(13-9-15)14-11-18-10-7-16-3-5-17(20-2)6-4-16/h3-6,15,18H,7-14H2,1-2H3. The van der Waals surface area contributed by atoms with E-state index in [4.69, 9.17) is 4.74 Å². The first-order valence-electron chi connectivity index (χ1n) is 7.84. The highest BCUT2D eigenvalue weighted by Gasteiger charge is 2.14. The molecule has 0 atom stereocenters. The van der Waals surface area contributed by atoms with Crippen LogP contribution in [0.25, 0.3) is 0 Å². The van der Waals surface area contributed by atoms with E-state index < -0.39 is 0 Å². The van der Waals surface area contributed by atoms with E-state index in [9.17, 15) is 0 Å². The fourth-order valence-corrected chi connectivity index (χ4v) is 2.67. The monoisotopic (exact) mass is 276 g/mol. The van der Waals surface area contributed by atoms with Crippen molar-refractivity contribution in [1.82, 2.24) is 10.2 Å². The first-order chi connectivity index (χ1) is 9.78. The zero-order chi connectivity index (χ0) is 14.2. The number of ether oxygens (including phenoxy) is 1. The third-order valence-corrected chi connectivity index (χ3v) is 4.23. The second-order valence-electron chi connectivity index (χ2n) is 5.87. The van der Waals surface area contributed by atoms with Gasteiger partial charge in [-0.1, -0.05) is 19.1 Å². The van der Waals surface area contributed by atoms with Crippen molar-refractivity contribution in [3.63, 3.8) is 0 Å². The Kier molecular flexibility index (Phi) is 6.34. The lowest BCUT2D eigenvalue weighted by atomic mass is 9.99. The number of likely N-dealkylation sites (tertiary alicyclic amines) is 1. The van der Waals surface area contributed by atoms with E-state index in [2.05, 4.69) is 29.3 Å². The largest absolute Gasteiger partial charge is 0.497 e. The molecule has 1 fully saturated rings. The van der Waals surface area contributed by atoms with Crippen molar-refractivity contribution in [2.75, 3.05) is 39.8 Å². The van der Waals surface area contributed by atoms with E-state index in [1.807, 2.05) is 12.1 Å². The lowest BCUT2D eigenvalue weighted by molar-refractivity contribution is 0.193. The average molecular weight is 276 g/mol. The summed E-state index contributed by atoms with van der Waals surface area (Å²) in [5.41, 5.74) is 1.37. The van der Waals surface area contributed by atoms with Gasteiger partial charge in [-0.25, -0.2) is 0 Å². The minimum atomic E-state index is 0.925. The van der Waals surface area contributed by atoms with E-state index in [-0.39, 0.29) is 0 Å². The molecule has 0 saturated carbocycles. The number of hydrogen-bond donors (Lipinski definition) is 1. The molecule has 0 bridgehead atoms. The van der Waals surface area contributed by atoms with E-state index in [1.54, 1.807) is 7.11 Å². The Labute approximate surface area is 123 Å². The fraction of sp³-hybridized carbons (Fsp3) is 0.647. The molecule has 1 saturated heterocycles. The van der Waals surface area contributed by atoms with Gasteiger partial charge in [0.25, 0.3) is 0 Å².